The summed E-state index contributed by atoms with van der Waals surface area (Å²) in [5.41, 5.74) is 6.69. The summed E-state index contributed by atoms with van der Waals surface area (Å²) in [6.45, 7) is 0.772. The first-order chi connectivity index (χ1) is 8.18. The van der Waals surface area contributed by atoms with Gasteiger partial charge < -0.3 is 10.6 Å². The molecule has 1 saturated heterocycles. The van der Waals surface area contributed by atoms with Crippen LogP contribution in [0.5, 0.6) is 0 Å². The zero-order valence-electron chi connectivity index (χ0n) is 9.63. The normalized spacial score (nSPS) is 19.3. The Balaban J connectivity index is 2.03. The van der Waals surface area contributed by atoms with Gasteiger partial charge in [0.05, 0.1) is 17.5 Å². The number of carbonyl (C=O) groups excluding carboxylic acids is 1. The standard InChI is InChI=1S/C13H16N2OS/c14-13(17)11-7-4-8-15(11)12(16)9-10-5-2-1-3-6-10/h1-3,5-6,11H,4,7-9H2,(H2,14,17). The van der Waals surface area contributed by atoms with E-state index in [-0.39, 0.29) is 11.9 Å². The Morgan fingerprint density at radius 1 is 1.41 bits per heavy atom. The number of nitrogens with zero attached hydrogens (tertiary/aromatic N) is 1. The molecule has 17 heavy (non-hydrogen) atoms. The van der Waals surface area contributed by atoms with E-state index in [1.165, 1.54) is 0 Å². The number of hydrogen-bond donors (Lipinski definition) is 1. The van der Waals surface area contributed by atoms with E-state index >= 15 is 0 Å². The van der Waals surface area contributed by atoms with Crippen LogP contribution in [0.15, 0.2) is 30.3 Å². The average molecular weight is 248 g/mol. The van der Waals surface area contributed by atoms with Crippen molar-refractivity contribution in [3.8, 4) is 0 Å². The molecule has 0 aromatic heterocycles. The summed E-state index contributed by atoms with van der Waals surface area (Å²) in [6.07, 6.45) is 2.32. The number of benzene rings is 1. The highest BCUT2D eigenvalue weighted by Crippen LogP contribution is 2.18. The van der Waals surface area contributed by atoms with Crippen molar-refractivity contribution < 1.29 is 4.79 Å². The number of nitrogens with two attached hydrogens (primary N) is 1. The molecule has 1 aromatic rings. The van der Waals surface area contributed by atoms with Crippen molar-refractivity contribution in [2.45, 2.75) is 25.3 Å². The second-order valence-corrected chi connectivity index (χ2v) is 4.78. The zero-order valence-corrected chi connectivity index (χ0v) is 10.5. The molecule has 1 atom stereocenters. The second-order valence-electron chi connectivity index (χ2n) is 4.31. The number of thiocarbonyl (C=S) groups is 1. The third-order valence-electron chi connectivity index (χ3n) is 3.10. The van der Waals surface area contributed by atoms with E-state index in [9.17, 15) is 4.79 Å². The van der Waals surface area contributed by atoms with Crippen LogP contribution >= 0.6 is 12.2 Å². The molecule has 1 aromatic carbocycles. The van der Waals surface area contributed by atoms with Gasteiger partial charge in [0, 0.05) is 6.54 Å². The summed E-state index contributed by atoms with van der Waals surface area (Å²) in [4.78, 5) is 14.4. The van der Waals surface area contributed by atoms with Crippen LogP contribution in [0.4, 0.5) is 0 Å². The Labute approximate surface area is 107 Å². The van der Waals surface area contributed by atoms with Gasteiger partial charge in [0.1, 0.15) is 0 Å². The number of hydrogen-bond acceptors (Lipinski definition) is 2. The summed E-state index contributed by atoms with van der Waals surface area (Å²) in [7, 11) is 0. The van der Waals surface area contributed by atoms with E-state index in [1.807, 2.05) is 35.2 Å². The highest BCUT2D eigenvalue weighted by Gasteiger charge is 2.30. The highest BCUT2D eigenvalue weighted by molar-refractivity contribution is 7.80. The summed E-state index contributed by atoms with van der Waals surface area (Å²) in [6, 6.07) is 9.71. The molecule has 4 heteroatoms. The molecule has 1 aliphatic heterocycles. The molecule has 2 rings (SSSR count). The molecule has 0 saturated carbocycles. The van der Waals surface area contributed by atoms with Crippen LogP contribution in [0.1, 0.15) is 18.4 Å². The summed E-state index contributed by atoms with van der Waals surface area (Å²) >= 11 is 5.00. The lowest BCUT2D eigenvalue weighted by atomic mass is 10.1. The fourth-order valence-electron chi connectivity index (χ4n) is 2.23. The van der Waals surface area contributed by atoms with Crippen molar-refractivity contribution in [1.29, 1.82) is 0 Å². The van der Waals surface area contributed by atoms with Gasteiger partial charge in [0.2, 0.25) is 5.91 Å². The van der Waals surface area contributed by atoms with Crippen molar-refractivity contribution in [2.24, 2.45) is 5.73 Å². The van der Waals surface area contributed by atoms with Crippen LogP contribution in [0.3, 0.4) is 0 Å². The van der Waals surface area contributed by atoms with Gasteiger partial charge in [0.15, 0.2) is 0 Å². The number of rotatable bonds is 3. The Hall–Kier alpha value is -1.42. The van der Waals surface area contributed by atoms with Gasteiger partial charge >= 0.3 is 0 Å². The molecule has 2 N–H and O–H groups in total. The van der Waals surface area contributed by atoms with Crippen LogP contribution in [0.2, 0.25) is 0 Å². The molecule has 3 nitrogen and oxygen atoms in total. The first kappa shape index (κ1) is 12.0. The fourth-order valence-corrected chi connectivity index (χ4v) is 2.48. The average Bonchev–Trinajstić information content (AvgIpc) is 2.79. The van der Waals surface area contributed by atoms with E-state index < -0.39 is 0 Å². The van der Waals surface area contributed by atoms with Crippen molar-refractivity contribution >= 4 is 23.1 Å². The van der Waals surface area contributed by atoms with Gasteiger partial charge in [-0.2, -0.15) is 0 Å². The van der Waals surface area contributed by atoms with Crippen LogP contribution in [0, 0.1) is 0 Å². The minimum Gasteiger partial charge on any atom is -0.392 e. The minimum absolute atomic E-state index is 0.0405. The Morgan fingerprint density at radius 3 is 2.76 bits per heavy atom. The van der Waals surface area contributed by atoms with E-state index in [1.54, 1.807) is 0 Å². The summed E-state index contributed by atoms with van der Waals surface area (Å²) in [5, 5.41) is 0. The maximum absolute atomic E-state index is 12.1. The van der Waals surface area contributed by atoms with Crippen molar-refractivity contribution in [1.82, 2.24) is 4.90 Å². The van der Waals surface area contributed by atoms with Crippen LogP contribution in [-0.2, 0) is 11.2 Å². The van der Waals surface area contributed by atoms with Gasteiger partial charge in [-0.25, -0.2) is 0 Å². The van der Waals surface area contributed by atoms with Gasteiger partial charge in [-0.05, 0) is 18.4 Å². The predicted molar refractivity (Wildman–Crippen MR) is 71.7 cm³/mol. The fraction of sp³-hybridized carbons (Fsp3) is 0.385. The monoisotopic (exact) mass is 248 g/mol. The molecule has 1 fully saturated rings. The summed E-state index contributed by atoms with van der Waals surface area (Å²) < 4.78 is 0. The van der Waals surface area contributed by atoms with Gasteiger partial charge in [-0.3, -0.25) is 4.79 Å². The lowest BCUT2D eigenvalue weighted by molar-refractivity contribution is -0.130. The smallest absolute Gasteiger partial charge is 0.227 e. The predicted octanol–water partition coefficient (Wildman–Crippen LogP) is 1.51. The van der Waals surface area contributed by atoms with E-state index in [0.29, 0.717) is 11.4 Å². The second kappa shape index (κ2) is 5.27. The van der Waals surface area contributed by atoms with Crippen LogP contribution in [-0.4, -0.2) is 28.4 Å². The van der Waals surface area contributed by atoms with E-state index in [0.717, 1.165) is 24.9 Å². The maximum Gasteiger partial charge on any atom is 0.227 e. The largest absolute Gasteiger partial charge is 0.392 e. The lowest BCUT2D eigenvalue weighted by Gasteiger charge is -2.23. The van der Waals surface area contributed by atoms with Gasteiger partial charge in [-0.1, -0.05) is 42.5 Å². The SMILES string of the molecule is NC(=S)C1CCCN1C(=O)Cc1ccccc1. The molecular formula is C13H16N2OS. The molecule has 1 amide bonds. The molecule has 90 valence electrons. The van der Waals surface area contributed by atoms with Crippen LogP contribution < -0.4 is 5.73 Å². The number of likely N-dealkylation sites (tertiary alicyclic amines) is 1. The minimum atomic E-state index is -0.0405. The lowest BCUT2D eigenvalue weighted by Crippen LogP contribution is -2.43. The van der Waals surface area contributed by atoms with E-state index in [2.05, 4.69) is 0 Å². The molecule has 0 spiro atoms. The Morgan fingerprint density at radius 2 is 2.12 bits per heavy atom. The van der Waals surface area contributed by atoms with Gasteiger partial charge in [0.25, 0.3) is 0 Å². The summed E-state index contributed by atoms with van der Waals surface area (Å²) in [5.74, 6) is 0.117. The van der Waals surface area contributed by atoms with E-state index in [4.69, 9.17) is 18.0 Å². The number of amides is 1. The van der Waals surface area contributed by atoms with Crippen molar-refractivity contribution in [2.75, 3.05) is 6.54 Å². The highest BCUT2D eigenvalue weighted by atomic mass is 32.1. The third kappa shape index (κ3) is 2.82. The number of carbonyl (C=O) groups is 1. The maximum atomic E-state index is 12.1. The molecule has 1 aliphatic rings. The molecule has 0 radical (unpaired) electrons. The zero-order chi connectivity index (χ0) is 12.3. The molecular weight excluding hydrogens is 232 g/mol. The molecule has 1 unspecified atom stereocenters. The Bertz CT molecular complexity index is 419. The van der Waals surface area contributed by atoms with Gasteiger partial charge in [-0.15, -0.1) is 0 Å². The van der Waals surface area contributed by atoms with Crippen molar-refractivity contribution in [3.05, 3.63) is 35.9 Å². The topological polar surface area (TPSA) is 46.3 Å². The van der Waals surface area contributed by atoms with Crippen molar-refractivity contribution in [3.63, 3.8) is 0 Å². The first-order valence-electron chi connectivity index (χ1n) is 5.81. The molecule has 0 aliphatic carbocycles. The first-order valence-corrected chi connectivity index (χ1v) is 6.22. The van der Waals surface area contributed by atoms with Crippen LogP contribution in [0.25, 0.3) is 0 Å². The molecule has 0 bridgehead atoms. The quantitative estimate of drug-likeness (QED) is 0.825. The Kier molecular flexibility index (Phi) is 3.74. The third-order valence-corrected chi connectivity index (χ3v) is 3.37. The molecule has 1 heterocycles.